The highest BCUT2D eigenvalue weighted by Gasteiger charge is 2.09. The molecular formula is C27H38F2N3+. The smallest absolute Gasteiger partial charge is 0.248 e. The molecule has 5 heteroatoms. The summed E-state index contributed by atoms with van der Waals surface area (Å²) in [5.74, 6) is -1.67. The molecule has 0 atom stereocenters. The number of hydrogen-bond donors (Lipinski definition) is 0. The van der Waals surface area contributed by atoms with Gasteiger partial charge in [0, 0.05) is 18.1 Å². The second-order valence-electron chi connectivity index (χ2n) is 8.83. The van der Waals surface area contributed by atoms with Crippen LogP contribution in [0.3, 0.4) is 0 Å². The van der Waals surface area contributed by atoms with E-state index >= 15 is 0 Å². The summed E-state index contributed by atoms with van der Waals surface area (Å²) in [6.07, 6.45) is 24.9. The number of halogens is 2. The fourth-order valence-electron chi connectivity index (χ4n) is 4.17. The first-order valence-electron chi connectivity index (χ1n) is 12.4. The highest BCUT2D eigenvalue weighted by molar-refractivity contribution is 5.41. The van der Waals surface area contributed by atoms with Crippen molar-refractivity contribution < 1.29 is 13.3 Å². The van der Waals surface area contributed by atoms with Crippen molar-refractivity contribution in [1.29, 1.82) is 0 Å². The monoisotopic (exact) mass is 442 g/mol. The van der Waals surface area contributed by atoms with Gasteiger partial charge < -0.3 is 4.57 Å². The van der Waals surface area contributed by atoms with E-state index in [9.17, 15) is 8.78 Å². The molecular weight excluding hydrogens is 404 g/mol. The number of nitrogens with zero attached hydrogens (tertiary/aromatic N) is 3. The first kappa shape index (κ1) is 24.2. The van der Waals surface area contributed by atoms with E-state index in [0.29, 0.717) is 0 Å². The Bertz CT molecular complexity index is 892. The molecule has 0 aliphatic rings. The van der Waals surface area contributed by atoms with Crippen LogP contribution in [0.1, 0.15) is 84.0 Å². The third kappa shape index (κ3) is 7.61. The third-order valence-electron chi connectivity index (χ3n) is 6.14. The van der Waals surface area contributed by atoms with Crippen molar-refractivity contribution in [3.8, 4) is 11.4 Å². The Kier molecular flexibility index (Phi) is 9.98. The lowest BCUT2D eigenvalue weighted by Crippen LogP contribution is -2.30. The van der Waals surface area contributed by atoms with Gasteiger partial charge in [0.25, 0.3) is 0 Å². The van der Waals surface area contributed by atoms with Gasteiger partial charge in [0.1, 0.15) is 18.1 Å². The van der Waals surface area contributed by atoms with Gasteiger partial charge in [0.2, 0.25) is 6.33 Å². The molecule has 0 spiro atoms. The summed E-state index contributed by atoms with van der Waals surface area (Å²) in [4.78, 5) is 0. The second-order valence-corrected chi connectivity index (χ2v) is 8.83. The van der Waals surface area contributed by atoms with E-state index in [0.717, 1.165) is 30.3 Å². The minimum Gasteiger partial charge on any atom is -0.318 e. The van der Waals surface area contributed by atoms with Crippen molar-refractivity contribution in [3.05, 3.63) is 67.0 Å². The molecule has 3 rings (SSSR count). The summed E-state index contributed by atoms with van der Waals surface area (Å²) in [6.45, 7) is 3.30. The maximum Gasteiger partial charge on any atom is 0.248 e. The van der Waals surface area contributed by atoms with Crippen LogP contribution in [0.25, 0.3) is 11.4 Å². The topological polar surface area (TPSA) is 13.7 Å². The number of benzene rings is 1. The largest absolute Gasteiger partial charge is 0.318 e. The van der Waals surface area contributed by atoms with Crippen LogP contribution in [0, 0.1) is 11.6 Å². The first-order chi connectivity index (χ1) is 15.7. The van der Waals surface area contributed by atoms with Crippen LogP contribution in [0.15, 0.2) is 55.4 Å². The Morgan fingerprint density at radius 1 is 0.656 bits per heavy atom. The quantitative estimate of drug-likeness (QED) is 0.170. The van der Waals surface area contributed by atoms with Gasteiger partial charge in [0.05, 0.1) is 6.54 Å². The first-order valence-corrected chi connectivity index (χ1v) is 12.4. The molecule has 0 N–H and O–H groups in total. The van der Waals surface area contributed by atoms with Crippen LogP contribution in [-0.4, -0.2) is 9.13 Å². The molecule has 0 amide bonds. The van der Waals surface area contributed by atoms with Crippen LogP contribution in [0.5, 0.6) is 0 Å². The number of imidazole rings is 1. The Labute approximate surface area is 191 Å². The summed E-state index contributed by atoms with van der Waals surface area (Å²) >= 11 is 0. The zero-order valence-electron chi connectivity index (χ0n) is 19.5. The molecule has 0 radical (unpaired) electrons. The van der Waals surface area contributed by atoms with Crippen molar-refractivity contribution in [2.75, 3.05) is 0 Å². The molecule has 32 heavy (non-hydrogen) atoms. The van der Waals surface area contributed by atoms with Gasteiger partial charge in [-0.3, -0.25) is 0 Å². The molecule has 0 bridgehead atoms. The van der Waals surface area contributed by atoms with E-state index in [4.69, 9.17) is 0 Å². The fourth-order valence-corrected chi connectivity index (χ4v) is 4.17. The highest BCUT2D eigenvalue weighted by Crippen LogP contribution is 2.16. The number of aryl methyl sites for hydroxylation is 1. The predicted octanol–water partition coefficient (Wildman–Crippen LogP) is 7.53. The number of hydrogen-bond acceptors (Lipinski definition) is 0. The Hall–Kier alpha value is -2.43. The Morgan fingerprint density at radius 2 is 1.12 bits per heavy atom. The van der Waals surface area contributed by atoms with Gasteiger partial charge in [-0.15, -0.1) is 0 Å². The lowest BCUT2D eigenvalue weighted by Gasteiger charge is -2.03. The Balaban J connectivity index is 1.31. The van der Waals surface area contributed by atoms with E-state index in [2.05, 4.69) is 28.6 Å². The lowest BCUT2D eigenvalue weighted by atomic mass is 10.1. The average Bonchev–Trinajstić information content (AvgIpc) is 3.41. The van der Waals surface area contributed by atoms with E-state index in [1.807, 2.05) is 30.5 Å². The van der Waals surface area contributed by atoms with Gasteiger partial charge in [-0.2, -0.15) is 0 Å². The van der Waals surface area contributed by atoms with Crippen LogP contribution in [-0.2, 0) is 6.54 Å². The Morgan fingerprint density at radius 3 is 1.66 bits per heavy atom. The summed E-state index contributed by atoms with van der Waals surface area (Å²) in [7, 11) is 0. The number of rotatable bonds is 15. The fraction of sp³-hybridized carbons (Fsp3) is 0.519. The van der Waals surface area contributed by atoms with Crippen molar-refractivity contribution in [2.45, 2.75) is 90.5 Å². The zero-order valence-corrected chi connectivity index (χ0v) is 19.5. The molecule has 3 aromatic rings. The van der Waals surface area contributed by atoms with Gasteiger partial charge in [-0.25, -0.2) is 17.9 Å². The maximum atomic E-state index is 13.2. The van der Waals surface area contributed by atoms with Crippen molar-refractivity contribution in [3.63, 3.8) is 0 Å². The summed E-state index contributed by atoms with van der Waals surface area (Å²) < 4.78 is 32.2. The van der Waals surface area contributed by atoms with Crippen LogP contribution >= 0.6 is 0 Å². The van der Waals surface area contributed by atoms with Gasteiger partial charge >= 0.3 is 0 Å². The molecule has 2 heterocycles. The molecule has 0 saturated carbocycles. The zero-order chi connectivity index (χ0) is 22.6. The molecule has 2 aromatic heterocycles. The third-order valence-corrected chi connectivity index (χ3v) is 6.14. The van der Waals surface area contributed by atoms with Crippen LogP contribution < -0.4 is 4.57 Å². The van der Waals surface area contributed by atoms with Crippen LogP contribution in [0.2, 0.25) is 0 Å². The van der Waals surface area contributed by atoms with Gasteiger partial charge in [0.15, 0.2) is 11.6 Å². The molecule has 0 aliphatic heterocycles. The second kappa shape index (κ2) is 13.2. The molecule has 0 unspecified atom stereocenters. The molecule has 174 valence electrons. The number of aromatic nitrogens is 3. The summed E-state index contributed by atoms with van der Waals surface area (Å²) in [5.41, 5.74) is 1.75. The van der Waals surface area contributed by atoms with E-state index in [-0.39, 0.29) is 0 Å². The summed E-state index contributed by atoms with van der Waals surface area (Å²) in [5, 5.41) is 0. The summed E-state index contributed by atoms with van der Waals surface area (Å²) in [6, 6.07) is 7.64. The maximum absolute atomic E-state index is 13.2. The standard InChI is InChI=1S/C27H38F2N3/c1-2-3-4-5-6-7-8-9-10-11-12-13-18-30-19-20-31(23-30)24-14-16-25(17-15-24)32-21-26(28)27(29)22-32/h14-17,19-23H,2-13,18H2,1H3/q+1. The van der Waals surface area contributed by atoms with Crippen molar-refractivity contribution in [1.82, 2.24) is 9.13 Å². The van der Waals surface area contributed by atoms with Crippen molar-refractivity contribution >= 4 is 0 Å². The van der Waals surface area contributed by atoms with Crippen LogP contribution in [0.4, 0.5) is 8.78 Å². The van der Waals surface area contributed by atoms with Crippen molar-refractivity contribution in [2.24, 2.45) is 0 Å². The van der Waals surface area contributed by atoms with E-state index < -0.39 is 11.6 Å². The average molecular weight is 443 g/mol. The van der Waals surface area contributed by atoms with E-state index in [1.165, 1.54) is 81.6 Å². The molecule has 0 fully saturated rings. The normalized spacial score (nSPS) is 11.3. The van der Waals surface area contributed by atoms with Gasteiger partial charge in [-0.1, -0.05) is 71.1 Å². The SMILES string of the molecule is CCCCCCCCCCCCCC[n+]1ccn(-c2ccc(-n3cc(F)c(F)c3)cc2)c1. The van der Waals surface area contributed by atoms with E-state index in [1.54, 1.807) is 0 Å². The molecule has 3 nitrogen and oxygen atoms in total. The number of unbranched alkanes of at least 4 members (excludes halogenated alkanes) is 11. The molecule has 0 aliphatic carbocycles. The minimum atomic E-state index is -0.835. The molecule has 1 aromatic carbocycles. The van der Waals surface area contributed by atoms with Gasteiger partial charge in [-0.05, 0) is 37.1 Å². The minimum absolute atomic E-state index is 0.730. The highest BCUT2D eigenvalue weighted by atomic mass is 19.2. The lowest BCUT2D eigenvalue weighted by molar-refractivity contribution is -0.696. The molecule has 0 saturated heterocycles. The predicted molar refractivity (Wildman–Crippen MR) is 126 cm³/mol.